The zero-order valence-corrected chi connectivity index (χ0v) is 11.7. The van der Waals surface area contributed by atoms with Crippen LogP contribution in [0.2, 0.25) is 0 Å². The molecule has 3 heteroatoms. The van der Waals surface area contributed by atoms with Gasteiger partial charge in [0.05, 0.1) is 0 Å². The fraction of sp³-hybridized carbons (Fsp3) is 0.0526. The van der Waals surface area contributed by atoms with Crippen LogP contribution in [0.15, 0.2) is 54.6 Å². The summed E-state index contributed by atoms with van der Waals surface area (Å²) in [7, 11) is 0. The number of phenolic OH excluding ortho intramolecular Hbond substituents is 3. The van der Waals surface area contributed by atoms with Gasteiger partial charge in [-0.15, -0.1) is 0 Å². The Morgan fingerprint density at radius 1 is 0.636 bits per heavy atom. The van der Waals surface area contributed by atoms with Crippen molar-refractivity contribution in [3.8, 4) is 39.5 Å². The lowest BCUT2D eigenvalue weighted by molar-refractivity contribution is 0.451. The molecule has 108 valence electrons. The molecule has 3 nitrogen and oxygen atoms in total. The molecule has 3 N–H and O–H groups in total. The van der Waals surface area contributed by atoms with Crippen molar-refractivity contribution in [2.24, 2.45) is 0 Å². The average molecular weight is 290 g/mol. The van der Waals surface area contributed by atoms with E-state index in [-0.39, 0.29) is 17.2 Å². The van der Waals surface area contributed by atoms with E-state index in [1.807, 2.05) is 18.2 Å². The third-order valence-electron chi connectivity index (χ3n) is 4.10. The van der Waals surface area contributed by atoms with E-state index in [9.17, 15) is 15.3 Å². The summed E-state index contributed by atoms with van der Waals surface area (Å²) in [5.74, 6) is 0.344. The first-order valence-corrected chi connectivity index (χ1v) is 7.09. The highest BCUT2D eigenvalue weighted by Gasteiger charge is 2.22. The first-order valence-electron chi connectivity index (χ1n) is 7.09. The second-order valence-corrected chi connectivity index (χ2v) is 5.60. The number of aromatic hydroxyl groups is 3. The normalized spacial score (nSPS) is 12.0. The maximum atomic E-state index is 9.74. The van der Waals surface area contributed by atoms with Crippen LogP contribution in [0, 0.1) is 0 Å². The second-order valence-electron chi connectivity index (χ2n) is 5.60. The summed E-state index contributed by atoms with van der Waals surface area (Å²) in [5, 5.41) is 29.2. The molecule has 0 unspecified atom stereocenters. The highest BCUT2D eigenvalue weighted by atomic mass is 16.3. The van der Waals surface area contributed by atoms with Crippen LogP contribution in [0.1, 0.15) is 11.1 Å². The predicted molar refractivity (Wildman–Crippen MR) is 85.1 cm³/mol. The Kier molecular flexibility index (Phi) is 2.63. The molecule has 0 radical (unpaired) electrons. The number of benzene rings is 3. The summed E-state index contributed by atoms with van der Waals surface area (Å²) in [6, 6.07) is 16.0. The van der Waals surface area contributed by atoms with E-state index >= 15 is 0 Å². The van der Waals surface area contributed by atoms with Crippen LogP contribution in [0.4, 0.5) is 0 Å². The minimum atomic E-state index is 0.0385. The molecule has 1 aliphatic carbocycles. The highest BCUT2D eigenvalue weighted by molar-refractivity contribution is 5.91. The molecule has 0 fully saturated rings. The van der Waals surface area contributed by atoms with Gasteiger partial charge in [0.2, 0.25) is 0 Å². The summed E-state index contributed by atoms with van der Waals surface area (Å²) in [6.07, 6.45) is 0.776. The lowest BCUT2D eigenvalue weighted by atomic mass is 9.94. The van der Waals surface area contributed by atoms with Crippen LogP contribution in [0.5, 0.6) is 17.2 Å². The van der Waals surface area contributed by atoms with E-state index in [1.165, 1.54) is 11.6 Å². The Balaban J connectivity index is 1.98. The van der Waals surface area contributed by atoms with Gasteiger partial charge in [0.1, 0.15) is 17.2 Å². The quantitative estimate of drug-likeness (QED) is 0.496. The fourth-order valence-electron chi connectivity index (χ4n) is 3.23. The van der Waals surface area contributed by atoms with Crippen LogP contribution in [-0.4, -0.2) is 15.3 Å². The zero-order valence-electron chi connectivity index (χ0n) is 11.7. The average Bonchev–Trinajstić information content (AvgIpc) is 2.83. The molecular weight excluding hydrogens is 276 g/mol. The standard InChI is InChI=1S/C19H14O3/c20-14-4-5-18-12(7-14)6-11-2-1-3-17(19(11)18)13-8-15(21)10-16(22)9-13/h1-5,7-10,20-22H,6H2. The summed E-state index contributed by atoms with van der Waals surface area (Å²) in [5.41, 5.74) is 6.20. The van der Waals surface area contributed by atoms with Gasteiger partial charge in [0.25, 0.3) is 0 Å². The molecular formula is C19H14O3. The van der Waals surface area contributed by atoms with Crippen molar-refractivity contribution in [1.82, 2.24) is 0 Å². The van der Waals surface area contributed by atoms with Crippen LogP contribution in [-0.2, 0) is 6.42 Å². The number of phenols is 3. The summed E-state index contributed by atoms with van der Waals surface area (Å²) < 4.78 is 0. The van der Waals surface area contributed by atoms with Crippen molar-refractivity contribution in [2.45, 2.75) is 6.42 Å². The Labute approximate surface area is 127 Å². The SMILES string of the molecule is Oc1cc(O)cc(-c2cccc3c2-c2ccc(O)cc2C3)c1. The smallest absolute Gasteiger partial charge is 0.119 e. The van der Waals surface area contributed by atoms with Gasteiger partial charge in [0.15, 0.2) is 0 Å². The number of hydrogen-bond donors (Lipinski definition) is 3. The van der Waals surface area contributed by atoms with Crippen LogP contribution < -0.4 is 0 Å². The van der Waals surface area contributed by atoms with Crippen molar-refractivity contribution >= 4 is 0 Å². The topological polar surface area (TPSA) is 60.7 Å². The molecule has 22 heavy (non-hydrogen) atoms. The molecule has 0 bridgehead atoms. The largest absolute Gasteiger partial charge is 0.508 e. The van der Waals surface area contributed by atoms with Gasteiger partial charge in [-0.05, 0) is 64.1 Å². The van der Waals surface area contributed by atoms with Crippen LogP contribution in [0.3, 0.4) is 0 Å². The summed E-state index contributed by atoms with van der Waals surface area (Å²) in [6.45, 7) is 0. The molecule has 0 atom stereocenters. The second kappa shape index (κ2) is 4.53. The third kappa shape index (κ3) is 1.91. The predicted octanol–water partition coefficient (Wildman–Crippen LogP) is 4.04. The number of hydrogen-bond acceptors (Lipinski definition) is 3. The minimum absolute atomic E-state index is 0.0385. The van der Waals surface area contributed by atoms with Crippen molar-refractivity contribution in [3.05, 3.63) is 65.7 Å². The minimum Gasteiger partial charge on any atom is -0.508 e. The molecule has 0 heterocycles. The molecule has 0 amide bonds. The molecule has 3 aromatic carbocycles. The maximum Gasteiger partial charge on any atom is 0.119 e. The van der Waals surface area contributed by atoms with Gasteiger partial charge in [-0.3, -0.25) is 0 Å². The van der Waals surface area contributed by atoms with Crippen molar-refractivity contribution in [2.75, 3.05) is 0 Å². The van der Waals surface area contributed by atoms with E-state index in [1.54, 1.807) is 24.3 Å². The molecule has 3 aromatic rings. The molecule has 0 aliphatic heterocycles. The van der Waals surface area contributed by atoms with Crippen molar-refractivity contribution < 1.29 is 15.3 Å². The molecule has 4 rings (SSSR count). The lowest BCUT2D eigenvalue weighted by Gasteiger charge is -2.11. The maximum absolute atomic E-state index is 9.74. The number of rotatable bonds is 1. The Bertz CT molecular complexity index is 877. The zero-order chi connectivity index (χ0) is 15.3. The van der Waals surface area contributed by atoms with Crippen molar-refractivity contribution in [3.63, 3.8) is 0 Å². The molecule has 0 aromatic heterocycles. The highest BCUT2D eigenvalue weighted by Crippen LogP contribution is 2.44. The number of fused-ring (bicyclic) bond motifs is 3. The summed E-state index contributed by atoms with van der Waals surface area (Å²) in [4.78, 5) is 0. The van der Waals surface area contributed by atoms with Crippen LogP contribution >= 0.6 is 0 Å². The van der Waals surface area contributed by atoms with Gasteiger partial charge in [-0.1, -0.05) is 24.3 Å². The van der Waals surface area contributed by atoms with Gasteiger partial charge in [0, 0.05) is 6.07 Å². The van der Waals surface area contributed by atoms with Gasteiger partial charge in [-0.2, -0.15) is 0 Å². The third-order valence-corrected chi connectivity index (χ3v) is 4.10. The lowest BCUT2D eigenvalue weighted by Crippen LogP contribution is -1.86. The van der Waals surface area contributed by atoms with Crippen molar-refractivity contribution in [1.29, 1.82) is 0 Å². The van der Waals surface area contributed by atoms with E-state index < -0.39 is 0 Å². The molecule has 0 saturated heterocycles. The molecule has 0 saturated carbocycles. The Hall–Kier alpha value is -2.94. The first kappa shape index (κ1) is 12.8. The van der Waals surface area contributed by atoms with E-state index in [0.717, 1.165) is 34.2 Å². The Morgan fingerprint density at radius 3 is 2.18 bits per heavy atom. The van der Waals surface area contributed by atoms with Gasteiger partial charge >= 0.3 is 0 Å². The van der Waals surface area contributed by atoms with E-state index in [4.69, 9.17) is 0 Å². The fourth-order valence-corrected chi connectivity index (χ4v) is 3.23. The van der Waals surface area contributed by atoms with E-state index in [0.29, 0.717) is 0 Å². The van der Waals surface area contributed by atoms with Gasteiger partial charge < -0.3 is 15.3 Å². The monoisotopic (exact) mass is 290 g/mol. The van der Waals surface area contributed by atoms with Gasteiger partial charge in [-0.25, -0.2) is 0 Å². The first-order chi connectivity index (χ1) is 10.6. The summed E-state index contributed by atoms with van der Waals surface area (Å²) >= 11 is 0. The molecule has 1 aliphatic rings. The van der Waals surface area contributed by atoms with Crippen LogP contribution in [0.25, 0.3) is 22.3 Å². The van der Waals surface area contributed by atoms with E-state index in [2.05, 4.69) is 6.07 Å². The Morgan fingerprint density at radius 2 is 1.41 bits per heavy atom. The molecule has 0 spiro atoms.